The van der Waals surface area contributed by atoms with E-state index < -0.39 is 5.97 Å². The Morgan fingerprint density at radius 2 is 1.79 bits per heavy atom. The lowest BCUT2D eigenvalue weighted by molar-refractivity contribution is -0.132. The molecule has 1 N–H and O–H groups in total. The lowest BCUT2D eigenvalue weighted by atomic mass is 10.1. The number of allylic oxidation sites excluding steroid dienone is 1. The molecule has 0 heterocycles. The van der Waals surface area contributed by atoms with Crippen LogP contribution in [0.15, 0.2) is 11.6 Å². The second-order valence-electron chi connectivity index (χ2n) is 3.28. The van der Waals surface area contributed by atoms with Gasteiger partial charge in [0.05, 0.1) is 0 Å². The first-order valence-electron chi connectivity index (χ1n) is 5.14. The van der Waals surface area contributed by atoms with Crippen molar-refractivity contribution in [3.63, 3.8) is 0 Å². The Morgan fingerprint density at radius 3 is 2.21 bits per heavy atom. The van der Waals surface area contributed by atoms with Crippen LogP contribution < -0.4 is 0 Å². The Labute approximate surface area is 103 Å². The number of carboxylic acid groups (broad SMARTS) is 1. The van der Waals surface area contributed by atoms with Crippen molar-refractivity contribution < 1.29 is 9.90 Å². The molecule has 0 spiro atoms. The summed E-state index contributed by atoms with van der Waals surface area (Å²) in [4.78, 5) is 10.7. The van der Waals surface area contributed by atoms with Crippen LogP contribution in [0.4, 0.5) is 0 Å². The standard InChI is InChI=1S/C11H20O2.Mg.2H/c1-3-5-7-9-10(11(12)13)8-6-4-2;;;/h9H,3-8H2,1-2H3,(H,12,13);;;. The molecule has 80 valence electrons. The minimum absolute atomic E-state index is 0. The molecule has 0 saturated heterocycles. The van der Waals surface area contributed by atoms with Crippen LogP contribution in [0, 0.1) is 0 Å². The lowest BCUT2D eigenvalue weighted by Gasteiger charge is -2.00. The van der Waals surface area contributed by atoms with Crippen molar-refractivity contribution in [1.29, 1.82) is 0 Å². The highest BCUT2D eigenvalue weighted by Crippen LogP contribution is 2.09. The first kappa shape index (κ1) is 16.4. The monoisotopic (exact) mass is 210 g/mol. The minimum Gasteiger partial charge on any atom is -0.478 e. The maximum atomic E-state index is 10.7. The maximum Gasteiger partial charge on any atom is 0.331 e. The Morgan fingerprint density at radius 1 is 1.21 bits per heavy atom. The van der Waals surface area contributed by atoms with E-state index in [0.717, 1.165) is 38.5 Å². The molecule has 0 amide bonds. The van der Waals surface area contributed by atoms with Gasteiger partial charge in [-0.15, -0.1) is 0 Å². The van der Waals surface area contributed by atoms with Gasteiger partial charge in [0, 0.05) is 5.57 Å². The average Bonchev–Trinajstić information content (AvgIpc) is 2.10. The van der Waals surface area contributed by atoms with Gasteiger partial charge in [-0.25, -0.2) is 4.79 Å². The van der Waals surface area contributed by atoms with Gasteiger partial charge >= 0.3 is 29.0 Å². The van der Waals surface area contributed by atoms with Crippen molar-refractivity contribution in [2.24, 2.45) is 0 Å². The molecule has 0 fully saturated rings. The minimum atomic E-state index is -0.746. The van der Waals surface area contributed by atoms with Crippen molar-refractivity contribution >= 4 is 29.0 Å². The molecular formula is C11H22MgO2. The summed E-state index contributed by atoms with van der Waals surface area (Å²) >= 11 is 0. The highest BCUT2D eigenvalue weighted by Gasteiger charge is 2.04. The predicted octanol–water partition coefficient (Wildman–Crippen LogP) is 2.46. The number of unbranched alkanes of at least 4 members (excludes halogenated alkanes) is 3. The Hall–Kier alpha value is -0.0238. The van der Waals surface area contributed by atoms with E-state index in [-0.39, 0.29) is 23.1 Å². The fourth-order valence-corrected chi connectivity index (χ4v) is 1.14. The van der Waals surface area contributed by atoms with E-state index >= 15 is 0 Å². The molecule has 0 bridgehead atoms. The van der Waals surface area contributed by atoms with Gasteiger partial charge in [-0.05, 0) is 19.3 Å². The van der Waals surface area contributed by atoms with Gasteiger partial charge in [-0.2, -0.15) is 0 Å². The summed E-state index contributed by atoms with van der Waals surface area (Å²) in [6.07, 6.45) is 7.74. The van der Waals surface area contributed by atoms with Crippen molar-refractivity contribution in [2.45, 2.75) is 52.4 Å². The molecule has 0 rings (SSSR count). The summed E-state index contributed by atoms with van der Waals surface area (Å²) in [7, 11) is 0. The van der Waals surface area contributed by atoms with E-state index in [1.165, 1.54) is 0 Å². The molecule has 0 aromatic rings. The van der Waals surface area contributed by atoms with Crippen molar-refractivity contribution in [2.75, 3.05) is 0 Å². The summed E-state index contributed by atoms with van der Waals surface area (Å²) in [6, 6.07) is 0. The second-order valence-corrected chi connectivity index (χ2v) is 3.28. The average molecular weight is 211 g/mol. The molecular weight excluding hydrogens is 188 g/mol. The van der Waals surface area contributed by atoms with Gasteiger partial charge in [0.25, 0.3) is 0 Å². The largest absolute Gasteiger partial charge is 0.478 e. The van der Waals surface area contributed by atoms with E-state index in [1.807, 2.05) is 6.08 Å². The van der Waals surface area contributed by atoms with Gasteiger partial charge in [0.15, 0.2) is 0 Å². The number of carbonyl (C=O) groups is 1. The van der Waals surface area contributed by atoms with Crippen LogP contribution in [-0.2, 0) is 4.79 Å². The predicted molar refractivity (Wildman–Crippen MR) is 63.3 cm³/mol. The number of aliphatic carboxylic acids is 1. The molecule has 0 aromatic heterocycles. The molecule has 0 aliphatic carbocycles. The van der Waals surface area contributed by atoms with Crippen molar-refractivity contribution in [3.05, 3.63) is 11.6 Å². The van der Waals surface area contributed by atoms with E-state index in [9.17, 15) is 4.79 Å². The smallest absolute Gasteiger partial charge is 0.331 e. The summed E-state index contributed by atoms with van der Waals surface area (Å²) in [5.41, 5.74) is 0.593. The number of hydrogen-bond acceptors (Lipinski definition) is 1. The summed E-state index contributed by atoms with van der Waals surface area (Å²) in [6.45, 7) is 4.19. The molecule has 0 unspecified atom stereocenters. The molecule has 0 saturated carbocycles. The normalized spacial score (nSPS) is 10.9. The van der Waals surface area contributed by atoms with Gasteiger partial charge in [-0.3, -0.25) is 0 Å². The molecule has 0 atom stereocenters. The van der Waals surface area contributed by atoms with Crippen LogP contribution in [0.25, 0.3) is 0 Å². The van der Waals surface area contributed by atoms with Crippen LogP contribution in [0.1, 0.15) is 52.4 Å². The first-order valence-corrected chi connectivity index (χ1v) is 5.14. The molecule has 2 nitrogen and oxygen atoms in total. The number of rotatable bonds is 7. The molecule has 0 radical (unpaired) electrons. The van der Waals surface area contributed by atoms with Crippen LogP contribution >= 0.6 is 0 Å². The van der Waals surface area contributed by atoms with Crippen molar-refractivity contribution in [3.8, 4) is 0 Å². The first-order chi connectivity index (χ1) is 6.22. The zero-order valence-corrected chi connectivity index (χ0v) is 8.68. The van der Waals surface area contributed by atoms with Crippen LogP contribution in [0.5, 0.6) is 0 Å². The molecule has 0 aliphatic heterocycles. The summed E-state index contributed by atoms with van der Waals surface area (Å²) in [5, 5.41) is 8.83. The highest BCUT2D eigenvalue weighted by molar-refractivity contribution is 5.86. The quantitative estimate of drug-likeness (QED) is 0.398. The van der Waals surface area contributed by atoms with E-state index in [0.29, 0.717) is 5.57 Å². The summed E-state index contributed by atoms with van der Waals surface area (Å²) < 4.78 is 0. The Kier molecular flexibility index (Phi) is 13.0. The highest BCUT2D eigenvalue weighted by atomic mass is 24.3. The summed E-state index contributed by atoms with van der Waals surface area (Å²) in [5.74, 6) is -0.746. The molecule has 14 heavy (non-hydrogen) atoms. The number of hydrogen-bond donors (Lipinski definition) is 1. The van der Waals surface area contributed by atoms with Gasteiger partial charge in [0.2, 0.25) is 0 Å². The fourth-order valence-electron chi connectivity index (χ4n) is 1.14. The van der Waals surface area contributed by atoms with Crippen molar-refractivity contribution in [1.82, 2.24) is 0 Å². The molecule has 0 aliphatic rings. The van der Waals surface area contributed by atoms with Gasteiger partial charge < -0.3 is 5.11 Å². The SMILES string of the molecule is CCCCC=C(CCCC)C(=O)O.[MgH2]. The zero-order valence-electron chi connectivity index (χ0n) is 8.68. The fraction of sp³-hybridized carbons (Fsp3) is 0.727. The van der Waals surface area contributed by atoms with E-state index in [1.54, 1.807) is 0 Å². The molecule has 3 heteroatoms. The van der Waals surface area contributed by atoms with E-state index in [4.69, 9.17) is 5.11 Å². The van der Waals surface area contributed by atoms with Crippen LogP contribution in [-0.4, -0.2) is 34.1 Å². The Bertz CT molecular complexity index is 176. The van der Waals surface area contributed by atoms with E-state index in [2.05, 4.69) is 13.8 Å². The second kappa shape index (κ2) is 11.1. The third-order valence-corrected chi connectivity index (χ3v) is 2.02. The number of carboxylic acids is 1. The zero-order chi connectivity index (χ0) is 10.1. The van der Waals surface area contributed by atoms with Crippen LogP contribution in [0.2, 0.25) is 0 Å². The third-order valence-electron chi connectivity index (χ3n) is 2.02. The molecule has 0 aromatic carbocycles. The topological polar surface area (TPSA) is 37.3 Å². The van der Waals surface area contributed by atoms with Gasteiger partial charge in [0.1, 0.15) is 0 Å². The lowest BCUT2D eigenvalue weighted by Crippen LogP contribution is -2.00. The third kappa shape index (κ3) is 8.57. The Balaban J connectivity index is 0. The maximum absolute atomic E-state index is 10.7. The van der Waals surface area contributed by atoms with Crippen LogP contribution in [0.3, 0.4) is 0 Å². The van der Waals surface area contributed by atoms with Gasteiger partial charge in [-0.1, -0.05) is 39.2 Å².